The first-order valence-electron chi connectivity index (χ1n) is 8.29. The molecule has 0 bridgehead atoms. The van der Waals surface area contributed by atoms with Gasteiger partial charge in [-0.2, -0.15) is 0 Å². The summed E-state index contributed by atoms with van der Waals surface area (Å²) in [6, 6.07) is 6.68. The first-order valence-corrected chi connectivity index (χ1v) is 8.29. The fourth-order valence-corrected chi connectivity index (χ4v) is 2.55. The number of hydrogen-bond acceptors (Lipinski definition) is 6. The van der Waals surface area contributed by atoms with Gasteiger partial charge >= 0.3 is 0 Å². The van der Waals surface area contributed by atoms with E-state index in [0.717, 1.165) is 11.6 Å². The number of rotatable bonds is 8. The molecule has 1 amide bonds. The molecule has 1 unspecified atom stereocenters. The van der Waals surface area contributed by atoms with Crippen molar-refractivity contribution < 1.29 is 28.2 Å². The van der Waals surface area contributed by atoms with Crippen LogP contribution >= 0.6 is 0 Å². The standard InChI is InChI=1S/C18H21F2N3O4/c19-17(20)15(5-7-21)18(22)27-14-6-8-23(9-14)16(25)11-26-13-3-1-12(10-24)2-4-13/h1-5,7,14,17,21-22,24H,6,8-11H2/b15-5-,21-7?,22-18?. The van der Waals surface area contributed by atoms with Gasteiger partial charge in [-0.05, 0) is 23.8 Å². The minimum Gasteiger partial charge on any atom is -0.484 e. The number of alkyl halides is 2. The highest BCUT2D eigenvalue weighted by molar-refractivity contribution is 5.95. The lowest BCUT2D eigenvalue weighted by Gasteiger charge is -2.18. The van der Waals surface area contributed by atoms with Crippen molar-refractivity contribution in [2.24, 2.45) is 0 Å². The maximum atomic E-state index is 12.8. The molecule has 1 aromatic rings. The second kappa shape index (κ2) is 9.77. The number of nitrogens with zero attached hydrogens (tertiary/aromatic N) is 1. The summed E-state index contributed by atoms with van der Waals surface area (Å²) >= 11 is 0. The van der Waals surface area contributed by atoms with E-state index in [1.807, 2.05) is 0 Å². The van der Waals surface area contributed by atoms with Crippen LogP contribution in [0, 0.1) is 10.8 Å². The van der Waals surface area contributed by atoms with Gasteiger partial charge in [-0.15, -0.1) is 0 Å². The van der Waals surface area contributed by atoms with Gasteiger partial charge in [0.2, 0.25) is 5.90 Å². The number of ether oxygens (including phenoxy) is 2. The molecular formula is C18H21F2N3O4. The molecule has 0 radical (unpaired) electrons. The van der Waals surface area contributed by atoms with Crippen LogP contribution in [0.2, 0.25) is 0 Å². The number of amides is 1. The maximum Gasteiger partial charge on any atom is 0.269 e. The highest BCUT2D eigenvalue weighted by Gasteiger charge is 2.30. The number of carbonyl (C=O) groups excluding carboxylic acids is 1. The van der Waals surface area contributed by atoms with Crippen LogP contribution in [0.15, 0.2) is 35.9 Å². The largest absolute Gasteiger partial charge is 0.484 e. The van der Waals surface area contributed by atoms with Crippen molar-refractivity contribution >= 4 is 18.0 Å². The Morgan fingerprint density at radius 2 is 2.07 bits per heavy atom. The van der Waals surface area contributed by atoms with E-state index in [-0.39, 0.29) is 25.7 Å². The first-order chi connectivity index (χ1) is 12.9. The molecule has 1 aliphatic heterocycles. The number of aliphatic hydroxyl groups is 1. The Labute approximate surface area is 155 Å². The first kappa shape index (κ1) is 20.5. The molecule has 0 saturated carbocycles. The van der Waals surface area contributed by atoms with Crippen LogP contribution in [0.3, 0.4) is 0 Å². The quantitative estimate of drug-likeness (QED) is 0.473. The van der Waals surface area contributed by atoms with Gasteiger partial charge in [-0.1, -0.05) is 12.1 Å². The Kier molecular flexibility index (Phi) is 7.42. The van der Waals surface area contributed by atoms with Crippen molar-refractivity contribution in [3.8, 4) is 5.75 Å². The van der Waals surface area contributed by atoms with Crippen molar-refractivity contribution in [2.75, 3.05) is 19.7 Å². The normalized spacial score (nSPS) is 17.1. The van der Waals surface area contributed by atoms with Gasteiger partial charge in [0.05, 0.1) is 18.7 Å². The van der Waals surface area contributed by atoms with Crippen LogP contribution in [0.25, 0.3) is 0 Å². The molecule has 27 heavy (non-hydrogen) atoms. The number of halogens is 2. The summed E-state index contributed by atoms with van der Waals surface area (Å²) in [6.45, 7) is 0.293. The smallest absolute Gasteiger partial charge is 0.269 e. The molecule has 0 aliphatic carbocycles. The second-order valence-corrected chi connectivity index (χ2v) is 5.88. The van der Waals surface area contributed by atoms with E-state index in [1.54, 1.807) is 24.3 Å². The van der Waals surface area contributed by atoms with Crippen LogP contribution in [-0.4, -0.2) is 60.3 Å². The highest BCUT2D eigenvalue weighted by atomic mass is 19.3. The monoisotopic (exact) mass is 381 g/mol. The average Bonchev–Trinajstić information content (AvgIpc) is 3.12. The summed E-state index contributed by atoms with van der Waals surface area (Å²) in [5.41, 5.74) is 0.0697. The van der Waals surface area contributed by atoms with Gasteiger partial charge in [-0.25, -0.2) is 8.78 Å². The second-order valence-electron chi connectivity index (χ2n) is 5.88. The van der Waals surface area contributed by atoms with Gasteiger partial charge in [0.1, 0.15) is 11.9 Å². The van der Waals surface area contributed by atoms with E-state index in [4.69, 9.17) is 25.4 Å². The molecule has 0 spiro atoms. The Bertz CT molecular complexity index is 707. The third-order valence-corrected chi connectivity index (χ3v) is 4.01. The summed E-state index contributed by atoms with van der Waals surface area (Å²) in [7, 11) is 0. The number of carbonyl (C=O) groups is 1. The number of benzene rings is 1. The molecule has 3 N–H and O–H groups in total. The lowest BCUT2D eigenvalue weighted by Crippen LogP contribution is -2.34. The molecule has 1 saturated heterocycles. The summed E-state index contributed by atoms with van der Waals surface area (Å²) in [5, 5.41) is 23.5. The lowest BCUT2D eigenvalue weighted by molar-refractivity contribution is -0.132. The Morgan fingerprint density at radius 3 is 2.67 bits per heavy atom. The van der Waals surface area contributed by atoms with Gasteiger partial charge in [0.15, 0.2) is 6.61 Å². The Balaban J connectivity index is 1.82. The number of hydrogen-bond donors (Lipinski definition) is 3. The molecule has 2 rings (SSSR count). The van der Waals surface area contributed by atoms with Crippen molar-refractivity contribution in [2.45, 2.75) is 25.6 Å². The summed E-state index contributed by atoms with van der Waals surface area (Å²) < 4.78 is 36.3. The third kappa shape index (κ3) is 5.85. The molecule has 1 aliphatic rings. The minimum absolute atomic E-state index is 0.0777. The SMILES string of the molecule is N=C/C=C(\C(=N)OC1CCN(C(=O)COc2ccc(CO)cc2)C1)C(F)F. The average molecular weight is 381 g/mol. The van der Waals surface area contributed by atoms with E-state index in [0.29, 0.717) is 24.9 Å². The van der Waals surface area contributed by atoms with E-state index < -0.39 is 24.0 Å². The van der Waals surface area contributed by atoms with Gasteiger partial charge < -0.3 is 24.9 Å². The third-order valence-electron chi connectivity index (χ3n) is 4.01. The van der Waals surface area contributed by atoms with Gasteiger partial charge in [-0.3, -0.25) is 10.2 Å². The summed E-state index contributed by atoms with van der Waals surface area (Å²) in [6.07, 6.45) is -1.56. The topological polar surface area (TPSA) is 107 Å². The van der Waals surface area contributed by atoms with E-state index >= 15 is 0 Å². The van der Waals surface area contributed by atoms with E-state index in [9.17, 15) is 13.6 Å². The molecule has 1 atom stereocenters. The van der Waals surface area contributed by atoms with Crippen LogP contribution in [0.1, 0.15) is 12.0 Å². The molecule has 0 aromatic heterocycles. The van der Waals surface area contributed by atoms with Gasteiger partial charge in [0, 0.05) is 19.2 Å². The van der Waals surface area contributed by atoms with Crippen LogP contribution < -0.4 is 4.74 Å². The fourth-order valence-electron chi connectivity index (χ4n) is 2.55. The van der Waals surface area contributed by atoms with E-state index in [1.165, 1.54) is 4.90 Å². The number of allylic oxidation sites excluding steroid dienone is 1. The fraction of sp³-hybridized carbons (Fsp3) is 0.389. The zero-order valence-electron chi connectivity index (χ0n) is 14.5. The zero-order valence-corrected chi connectivity index (χ0v) is 14.5. The minimum atomic E-state index is -2.91. The van der Waals surface area contributed by atoms with Gasteiger partial charge in [0.25, 0.3) is 12.3 Å². The Morgan fingerprint density at radius 1 is 1.37 bits per heavy atom. The summed E-state index contributed by atoms with van der Waals surface area (Å²) in [4.78, 5) is 13.7. The van der Waals surface area contributed by atoms with Crippen LogP contribution in [-0.2, 0) is 16.1 Å². The summed E-state index contributed by atoms with van der Waals surface area (Å²) in [5.74, 6) is -0.469. The molecule has 1 fully saturated rings. The number of aliphatic hydroxyl groups excluding tert-OH is 1. The molecular weight excluding hydrogens is 360 g/mol. The molecule has 146 valence electrons. The predicted molar refractivity (Wildman–Crippen MR) is 94.5 cm³/mol. The maximum absolute atomic E-state index is 12.8. The van der Waals surface area contributed by atoms with Crippen molar-refractivity contribution in [3.05, 3.63) is 41.5 Å². The van der Waals surface area contributed by atoms with Crippen LogP contribution in [0.5, 0.6) is 5.75 Å². The molecule has 9 heteroatoms. The molecule has 7 nitrogen and oxygen atoms in total. The van der Waals surface area contributed by atoms with Crippen molar-refractivity contribution in [1.82, 2.24) is 4.90 Å². The molecule has 1 heterocycles. The zero-order chi connectivity index (χ0) is 19.8. The van der Waals surface area contributed by atoms with E-state index in [2.05, 4.69) is 0 Å². The van der Waals surface area contributed by atoms with Crippen molar-refractivity contribution in [3.63, 3.8) is 0 Å². The highest BCUT2D eigenvalue weighted by Crippen LogP contribution is 2.18. The number of nitrogens with one attached hydrogen (secondary N) is 2. The van der Waals surface area contributed by atoms with Crippen molar-refractivity contribution in [1.29, 1.82) is 10.8 Å². The predicted octanol–water partition coefficient (Wildman–Crippen LogP) is 1.99. The number of likely N-dealkylation sites (tertiary alicyclic amines) is 1. The lowest BCUT2D eigenvalue weighted by atomic mass is 10.2. The van der Waals surface area contributed by atoms with Crippen LogP contribution in [0.4, 0.5) is 8.78 Å². The molecule has 1 aromatic carbocycles. The Hall–Kier alpha value is -2.81.